The molecule has 1 nitrogen and oxygen atoms in total. The van der Waals surface area contributed by atoms with Crippen molar-refractivity contribution >= 4 is 60.3 Å². The summed E-state index contributed by atoms with van der Waals surface area (Å²) in [6.07, 6.45) is 0. The number of ether oxygens (including phenoxy) is 1. The Labute approximate surface area is 132 Å². The molecule has 0 N–H and O–H groups in total. The molecule has 0 fully saturated rings. The van der Waals surface area contributed by atoms with Gasteiger partial charge in [-0.2, -0.15) is 0 Å². The molecule has 5 heteroatoms. The standard InChI is InChI=1S/C14H10BrClOS2/c1-17-11-5-6-18-14(11)12(16)9-7-19-13-8(9)3-2-4-10(13)15/h2-7,12H,1H3. The number of rotatable bonds is 3. The average Bonchev–Trinajstić information content (AvgIpc) is 3.05. The summed E-state index contributed by atoms with van der Waals surface area (Å²) in [5.74, 6) is 0.861. The summed E-state index contributed by atoms with van der Waals surface area (Å²) in [4.78, 5) is 1.06. The molecule has 0 saturated heterocycles. The van der Waals surface area contributed by atoms with Gasteiger partial charge < -0.3 is 4.74 Å². The molecule has 1 aromatic carbocycles. The normalized spacial score (nSPS) is 12.8. The second kappa shape index (κ2) is 5.44. The van der Waals surface area contributed by atoms with E-state index in [1.165, 1.54) is 10.1 Å². The number of fused-ring (bicyclic) bond motifs is 1. The van der Waals surface area contributed by atoms with Gasteiger partial charge >= 0.3 is 0 Å². The van der Waals surface area contributed by atoms with Crippen LogP contribution in [0.25, 0.3) is 10.1 Å². The van der Waals surface area contributed by atoms with Crippen LogP contribution in [0.3, 0.4) is 0 Å². The van der Waals surface area contributed by atoms with Crippen molar-refractivity contribution in [3.63, 3.8) is 0 Å². The van der Waals surface area contributed by atoms with Crippen LogP contribution in [-0.2, 0) is 0 Å². The van der Waals surface area contributed by atoms with Gasteiger partial charge in [0.15, 0.2) is 0 Å². The molecule has 0 saturated carbocycles. The molecule has 0 bridgehead atoms. The summed E-state index contributed by atoms with van der Waals surface area (Å²) in [7, 11) is 1.68. The highest BCUT2D eigenvalue weighted by Crippen LogP contribution is 2.44. The van der Waals surface area contributed by atoms with Crippen molar-refractivity contribution in [2.75, 3.05) is 7.11 Å². The lowest BCUT2D eigenvalue weighted by Crippen LogP contribution is -1.92. The number of methoxy groups -OCH3 is 1. The molecule has 0 aliphatic carbocycles. The summed E-state index contributed by atoms with van der Waals surface area (Å²) in [5.41, 5.74) is 1.14. The molecule has 98 valence electrons. The Balaban J connectivity index is 2.12. The van der Waals surface area contributed by atoms with Crippen LogP contribution in [0.5, 0.6) is 5.75 Å². The van der Waals surface area contributed by atoms with Crippen molar-refractivity contribution in [2.45, 2.75) is 5.38 Å². The number of halogens is 2. The van der Waals surface area contributed by atoms with Crippen molar-refractivity contribution in [2.24, 2.45) is 0 Å². The highest BCUT2D eigenvalue weighted by Gasteiger charge is 2.20. The van der Waals surface area contributed by atoms with E-state index in [1.54, 1.807) is 29.8 Å². The van der Waals surface area contributed by atoms with E-state index in [2.05, 4.69) is 33.4 Å². The SMILES string of the molecule is COc1ccsc1C(Cl)c1csc2c(Br)cccc12. The van der Waals surface area contributed by atoms with Gasteiger partial charge in [-0.15, -0.1) is 34.3 Å². The lowest BCUT2D eigenvalue weighted by atomic mass is 10.1. The van der Waals surface area contributed by atoms with Gasteiger partial charge in [0, 0.05) is 9.17 Å². The maximum Gasteiger partial charge on any atom is 0.134 e. The molecule has 0 spiro atoms. The van der Waals surface area contributed by atoms with Gasteiger partial charge in [0.1, 0.15) is 5.75 Å². The molecule has 19 heavy (non-hydrogen) atoms. The fourth-order valence-electron chi connectivity index (χ4n) is 2.04. The van der Waals surface area contributed by atoms with Gasteiger partial charge in [-0.3, -0.25) is 0 Å². The van der Waals surface area contributed by atoms with E-state index in [0.29, 0.717) is 0 Å². The molecule has 2 heterocycles. The van der Waals surface area contributed by atoms with Crippen LogP contribution in [0.4, 0.5) is 0 Å². The molecule has 0 aliphatic heterocycles. The molecule has 0 aliphatic rings. The van der Waals surface area contributed by atoms with E-state index < -0.39 is 0 Å². The van der Waals surface area contributed by atoms with Crippen molar-refractivity contribution in [3.8, 4) is 5.75 Å². The Morgan fingerprint density at radius 2 is 2.11 bits per heavy atom. The van der Waals surface area contributed by atoms with Crippen LogP contribution < -0.4 is 4.74 Å². The Hall–Kier alpha value is -0.550. The molecule has 3 rings (SSSR count). The Kier molecular flexibility index (Phi) is 3.85. The minimum absolute atomic E-state index is 0.169. The van der Waals surface area contributed by atoms with Crippen molar-refractivity contribution < 1.29 is 4.74 Å². The summed E-state index contributed by atoms with van der Waals surface area (Å²) < 4.78 is 7.71. The van der Waals surface area contributed by atoms with Gasteiger partial charge in [-0.25, -0.2) is 0 Å². The average molecular weight is 374 g/mol. The largest absolute Gasteiger partial charge is 0.496 e. The first-order valence-corrected chi connectivity index (χ1v) is 8.62. The van der Waals surface area contributed by atoms with Crippen LogP contribution in [0.2, 0.25) is 0 Å². The molecule has 0 amide bonds. The van der Waals surface area contributed by atoms with E-state index in [0.717, 1.165) is 20.7 Å². The van der Waals surface area contributed by atoms with Crippen LogP contribution in [0.15, 0.2) is 39.5 Å². The third-order valence-electron chi connectivity index (χ3n) is 2.96. The maximum absolute atomic E-state index is 6.65. The molecule has 1 atom stereocenters. The third-order valence-corrected chi connectivity index (χ3v) is 6.48. The highest BCUT2D eigenvalue weighted by atomic mass is 79.9. The van der Waals surface area contributed by atoms with Gasteiger partial charge in [-0.1, -0.05) is 12.1 Å². The summed E-state index contributed by atoms with van der Waals surface area (Å²) >= 11 is 13.6. The molecular weight excluding hydrogens is 364 g/mol. The summed E-state index contributed by atoms with van der Waals surface area (Å²) in [6.45, 7) is 0. The van der Waals surface area contributed by atoms with Crippen LogP contribution in [-0.4, -0.2) is 7.11 Å². The van der Waals surface area contributed by atoms with Gasteiger partial charge in [0.05, 0.1) is 17.4 Å². The van der Waals surface area contributed by atoms with Crippen molar-refractivity contribution in [1.82, 2.24) is 0 Å². The zero-order valence-electron chi connectivity index (χ0n) is 10.0. The Morgan fingerprint density at radius 1 is 1.26 bits per heavy atom. The molecule has 1 unspecified atom stereocenters. The van der Waals surface area contributed by atoms with Crippen LogP contribution in [0, 0.1) is 0 Å². The Morgan fingerprint density at radius 3 is 2.89 bits per heavy atom. The van der Waals surface area contributed by atoms with Crippen molar-refractivity contribution in [1.29, 1.82) is 0 Å². The number of benzene rings is 1. The highest BCUT2D eigenvalue weighted by molar-refractivity contribution is 9.10. The summed E-state index contributed by atoms with van der Waals surface area (Å²) in [5, 5.41) is 5.17. The first kappa shape index (κ1) is 13.4. The lowest BCUT2D eigenvalue weighted by Gasteiger charge is -2.09. The summed E-state index contributed by atoms with van der Waals surface area (Å²) in [6, 6.07) is 8.16. The Bertz CT molecular complexity index is 719. The number of thiophene rings is 2. The first-order valence-electron chi connectivity index (χ1n) is 5.63. The van der Waals surface area contributed by atoms with E-state index in [4.69, 9.17) is 16.3 Å². The zero-order chi connectivity index (χ0) is 13.4. The number of alkyl halides is 1. The third kappa shape index (κ3) is 2.31. The van der Waals surface area contributed by atoms with Crippen LogP contribution >= 0.6 is 50.2 Å². The minimum atomic E-state index is -0.169. The molecule has 0 radical (unpaired) electrons. The maximum atomic E-state index is 6.65. The number of hydrogen-bond donors (Lipinski definition) is 0. The smallest absolute Gasteiger partial charge is 0.134 e. The minimum Gasteiger partial charge on any atom is -0.496 e. The van der Waals surface area contributed by atoms with Crippen LogP contribution in [0.1, 0.15) is 15.8 Å². The van der Waals surface area contributed by atoms with Crippen molar-refractivity contribution in [3.05, 3.63) is 49.9 Å². The molecule has 2 aromatic heterocycles. The van der Waals surface area contributed by atoms with E-state index >= 15 is 0 Å². The predicted octanol–water partition coefficient (Wildman–Crippen LogP) is 6.06. The number of hydrogen-bond acceptors (Lipinski definition) is 3. The quantitative estimate of drug-likeness (QED) is 0.507. The fourth-order valence-corrected chi connectivity index (χ4v) is 5.06. The second-order valence-electron chi connectivity index (χ2n) is 4.02. The van der Waals surface area contributed by atoms with Gasteiger partial charge in [-0.05, 0) is 49.8 Å². The van der Waals surface area contributed by atoms with Gasteiger partial charge in [0.25, 0.3) is 0 Å². The monoisotopic (exact) mass is 372 g/mol. The molecular formula is C14H10BrClOS2. The van der Waals surface area contributed by atoms with E-state index in [1.807, 2.05) is 17.5 Å². The topological polar surface area (TPSA) is 9.23 Å². The van der Waals surface area contributed by atoms with Gasteiger partial charge in [0.2, 0.25) is 0 Å². The van der Waals surface area contributed by atoms with E-state index in [9.17, 15) is 0 Å². The predicted molar refractivity (Wildman–Crippen MR) is 88.1 cm³/mol. The second-order valence-corrected chi connectivity index (χ2v) is 7.14. The molecule has 3 aromatic rings. The first-order chi connectivity index (χ1) is 9.22. The fraction of sp³-hybridized carbons (Fsp3) is 0.143. The zero-order valence-corrected chi connectivity index (χ0v) is 14.0. The van der Waals surface area contributed by atoms with E-state index in [-0.39, 0.29) is 5.38 Å². The lowest BCUT2D eigenvalue weighted by molar-refractivity contribution is 0.413.